The molecule has 1 rings (SSSR count). The van der Waals surface area contributed by atoms with Gasteiger partial charge >= 0.3 is 5.97 Å². The second-order valence-electron chi connectivity index (χ2n) is 3.19. The van der Waals surface area contributed by atoms with Gasteiger partial charge in [-0.1, -0.05) is 18.9 Å². The van der Waals surface area contributed by atoms with Crippen LogP contribution in [0.25, 0.3) is 0 Å². The number of carboxylic acids is 1. The number of halogens is 1. The number of aliphatic carboxylic acids is 1. The highest BCUT2D eigenvalue weighted by Crippen LogP contribution is 2.19. The highest BCUT2D eigenvalue weighted by atomic mass is 32.1. The monoisotopic (exact) mass is 245 g/mol. The van der Waals surface area contributed by atoms with Crippen molar-refractivity contribution in [2.45, 2.75) is 6.54 Å². The van der Waals surface area contributed by atoms with Gasteiger partial charge < -0.3 is 9.84 Å². The van der Waals surface area contributed by atoms with Gasteiger partial charge in [0, 0.05) is 6.54 Å². The van der Waals surface area contributed by atoms with Crippen LogP contribution in [0.2, 0.25) is 0 Å². The van der Waals surface area contributed by atoms with E-state index in [0.29, 0.717) is 6.54 Å². The number of benzene rings is 1. The molecule has 1 aromatic rings. The lowest BCUT2D eigenvalue weighted by Gasteiger charge is -2.13. The SMILES string of the molecule is COc1cc(CN(S)CC(=O)O)ccc1F. The van der Waals surface area contributed by atoms with E-state index in [4.69, 9.17) is 9.84 Å². The molecule has 0 spiro atoms. The van der Waals surface area contributed by atoms with Gasteiger partial charge in [-0.3, -0.25) is 4.79 Å². The van der Waals surface area contributed by atoms with E-state index in [1.54, 1.807) is 6.07 Å². The lowest BCUT2D eigenvalue weighted by Crippen LogP contribution is -2.20. The zero-order chi connectivity index (χ0) is 12.1. The lowest BCUT2D eigenvalue weighted by molar-refractivity contribution is -0.137. The predicted octanol–water partition coefficient (Wildman–Crippen LogP) is 1.57. The van der Waals surface area contributed by atoms with Crippen molar-refractivity contribution in [3.8, 4) is 5.75 Å². The van der Waals surface area contributed by atoms with Gasteiger partial charge in [0.25, 0.3) is 0 Å². The molecule has 88 valence electrons. The number of hydrogen-bond acceptors (Lipinski definition) is 4. The molecule has 1 N–H and O–H groups in total. The van der Waals surface area contributed by atoms with Gasteiger partial charge in [-0.05, 0) is 17.7 Å². The van der Waals surface area contributed by atoms with Crippen molar-refractivity contribution in [3.05, 3.63) is 29.6 Å². The van der Waals surface area contributed by atoms with Crippen molar-refractivity contribution in [1.29, 1.82) is 0 Å². The van der Waals surface area contributed by atoms with Crippen LogP contribution >= 0.6 is 12.8 Å². The maximum Gasteiger partial charge on any atom is 0.318 e. The summed E-state index contributed by atoms with van der Waals surface area (Å²) in [5.74, 6) is -1.28. The number of carbonyl (C=O) groups is 1. The van der Waals surface area contributed by atoms with Crippen molar-refractivity contribution in [2.24, 2.45) is 0 Å². The number of methoxy groups -OCH3 is 1. The normalized spacial score (nSPS) is 10.5. The first-order chi connectivity index (χ1) is 7.52. The van der Waals surface area contributed by atoms with Crippen LogP contribution in [-0.2, 0) is 11.3 Å². The molecule has 0 fully saturated rings. The van der Waals surface area contributed by atoms with E-state index >= 15 is 0 Å². The molecule has 0 amide bonds. The van der Waals surface area contributed by atoms with Gasteiger partial charge in [0.15, 0.2) is 11.6 Å². The van der Waals surface area contributed by atoms with Gasteiger partial charge in [-0.2, -0.15) is 0 Å². The Balaban J connectivity index is 2.70. The maximum absolute atomic E-state index is 13.1. The molecule has 0 saturated carbocycles. The third kappa shape index (κ3) is 3.71. The molecule has 1 aromatic carbocycles. The second kappa shape index (κ2) is 5.72. The molecule has 16 heavy (non-hydrogen) atoms. The summed E-state index contributed by atoms with van der Waals surface area (Å²) >= 11 is 3.99. The number of rotatable bonds is 5. The minimum Gasteiger partial charge on any atom is -0.494 e. The highest BCUT2D eigenvalue weighted by Gasteiger charge is 2.08. The van der Waals surface area contributed by atoms with Gasteiger partial charge in [0.2, 0.25) is 0 Å². The third-order valence-electron chi connectivity index (χ3n) is 1.90. The Labute approximate surface area is 98.2 Å². The Kier molecular flexibility index (Phi) is 4.57. The summed E-state index contributed by atoms with van der Waals surface area (Å²) in [5, 5.41) is 8.53. The largest absolute Gasteiger partial charge is 0.494 e. The summed E-state index contributed by atoms with van der Waals surface area (Å²) in [6, 6.07) is 4.35. The molecule has 0 saturated heterocycles. The van der Waals surface area contributed by atoms with E-state index in [-0.39, 0.29) is 12.3 Å². The summed E-state index contributed by atoms with van der Waals surface area (Å²) in [6.45, 7) is 0.106. The molecule has 6 heteroatoms. The number of hydrogen-bond donors (Lipinski definition) is 2. The standard InChI is InChI=1S/C10H12FNO3S/c1-15-9-4-7(2-3-8(9)11)5-12(16)6-10(13)14/h2-4,16H,5-6H2,1H3,(H,13,14). The zero-order valence-corrected chi connectivity index (χ0v) is 9.58. The minimum absolute atomic E-state index is 0.134. The Hall–Kier alpha value is -1.27. The second-order valence-corrected chi connectivity index (χ2v) is 3.75. The van der Waals surface area contributed by atoms with Crippen LogP contribution in [0.15, 0.2) is 18.2 Å². The van der Waals surface area contributed by atoms with Crippen molar-refractivity contribution >= 4 is 18.8 Å². The fraction of sp³-hybridized carbons (Fsp3) is 0.300. The number of thiol groups is 1. The van der Waals surface area contributed by atoms with Crippen LogP contribution in [0.4, 0.5) is 4.39 Å². The smallest absolute Gasteiger partial charge is 0.318 e. The Morgan fingerprint density at radius 1 is 1.62 bits per heavy atom. The summed E-state index contributed by atoms with van der Waals surface area (Å²) in [7, 11) is 1.37. The van der Waals surface area contributed by atoms with Crippen molar-refractivity contribution < 1.29 is 19.0 Å². The maximum atomic E-state index is 13.1. The summed E-state index contributed by atoms with van der Waals surface area (Å²) in [5.41, 5.74) is 0.731. The fourth-order valence-corrected chi connectivity index (χ4v) is 1.51. The number of ether oxygens (including phenoxy) is 1. The third-order valence-corrected chi connectivity index (χ3v) is 2.18. The van der Waals surface area contributed by atoms with E-state index in [2.05, 4.69) is 12.8 Å². The first-order valence-corrected chi connectivity index (χ1v) is 4.91. The fourth-order valence-electron chi connectivity index (χ4n) is 1.23. The predicted molar refractivity (Wildman–Crippen MR) is 60.0 cm³/mol. The molecule has 0 aliphatic rings. The van der Waals surface area contributed by atoms with E-state index in [1.165, 1.54) is 23.5 Å². The average Bonchev–Trinajstić information content (AvgIpc) is 2.19. The summed E-state index contributed by atoms with van der Waals surface area (Å²) in [6.07, 6.45) is 0. The van der Waals surface area contributed by atoms with Crippen LogP contribution < -0.4 is 4.74 Å². The average molecular weight is 245 g/mol. The Morgan fingerprint density at radius 2 is 2.31 bits per heavy atom. The van der Waals surface area contributed by atoms with Crippen LogP contribution in [0, 0.1) is 5.82 Å². The van der Waals surface area contributed by atoms with E-state index in [9.17, 15) is 9.18 Å². The molecule has 0 heterocycles. The lowest BCUT2D eigenvalue weighted by atomic mass is 10.2. The molecule has 0 bridgehead atoms. The van der Waals surface area contributed by atoms with Crippen LogP contribution in [-0.4, -0.2) is 29.0 Å². The van der Waals surface area contributed by atoms with E-state index in [1.807, 2.05) is 0 Å². The molecule has 0 atom stereocenters. The molecule has 0 aliphatic carbocycles. The van der Waals surface area contributed by atoms with Crippen LogP contribution in [0.5, 0.6) is 5.75 Å². The molecule has 0 unspecified atom stereocenters. The van der Waals surface area contributed by atoms with Crippen molar-refractivity contribution in [1.82, 2.24) is 4.31 Å². The molecule has 0 aromatic heterocycles. The summed E-state index contributed by atoms with van der Waals surface area (Å²) < 4.78 is 19.2. The van der Waals surface area contributed by atoms with Gasteiger partial charge in [0.1, 0.15) is 6.54 Å². The molecule has 4 nitrogen and oxygen atoms in total. The Morgan fingerprint density at radius 3 is 2.88 bits per heavy atom. The molecular weight excluding hydrogens is 233 g/mol. The highest BCUT2D eigenvalue weighted by molar-refractivity contribution is 7.77. The summed E-state index contributed by atoms with van der Waals surface area (Å²) in [4.78, 5) is 10.4. The van der Waals surface area contributed by atoms with Crippen molar-refractivity contribution in [2.75, 3.05) is 13.7 Å². The van der Waals surface area contributed by atoms with Crippen LogP contribution in [0.1, 0.15) is 5.56 Å². The Bertz CT molecular complexity index is 386. The van der Waals surface area contributed by atoms with E-state index in [0.717, 1.165) is 5.56 Å². The topological polar surface area (TPSA) is 49.8 Å². The van der Waals surface area contributed by atoms with Crippen LogP contribution in [0.3, 0.4) is 0 Å². The number of nitrogens with zero attached hydrogens (tertiary/aromatic N) is 1. The first-order valence-electron chi connectivity index (χ1n) is 4.51. The first kappa shape index (κ1) is 12.8. The van der Waals surface area contributed by atoms with Gasteiger partial charge in [0.05, 0.1) is 7.11 Å². The quantitative estimate of drug-likeness (QED) is 0.773. The molecule has 0 aliphatic heterocycles. The van der Waals surface area contributed by atoms with Gasteiger partial charge in [-0.15, -0.1) is 0 Å². The molecular formula is C10H12FNO3S. The van der Waals surface area contributed by atoms with Gasteiger partial charge in [-0.25, -0.2) is 8.70 Å². The van der Waals surface area contributed by atoms with Crippen molar-refractivity contribution in [3.63, 3.8) is 0 Å². The minimum atomic E-state index is -0.968. The molecule has 0 radical (unpaired) electrons. The zero-order valence-electron chi connectivity index (χ0n) is 8.68. The van der Waals surface area contributed by atoms with E-state index < -0.39 is 11.8 Å². The number of carboxylic acid groups (broad SMARTS) is 1.